The van der Waals surface area contributed by atoms with Gasteiger partial charge in [-0.3, -0.25) is 0 Å². The zero-order valence-corrected chi connectivity index (χ0v) is 12.3. The number of carbonyl (C=O) groups excluding carboxylic acids is 1. The van der Waals surface area contributed by atoms with Gasteiger partial charge in [0.15, 0.2) is 0 Å². The zero-order valence-electron chi connectivity index (χ0n) is 12.3. The van der Waals surface area contributed by atoms with Crippen molar-refractivity contribution >= 4 is 11.9 Å². The van der Waals surface area contributed by atoms with E-state index < -0.39 is 11.9 Å². The molecular weight excluding hydrogens is 272 g/mol. The highest BCUT2D eigenvalue weighted by atomic mass is 16.5. The molecule has 0 aromatic heterocycles. The van der Waals surface area contributed by atoms with Gasteiger partial charge in [-0.25, -0.2) is 9.59 Å². The quantitative estimate of drug-likeness (QED) is 0.453. The molecule has 0 aliphatic rings. The highest BCUT2D eigenvalue weighted by Gasteiger charge is 2.14. The van der Waals surface area contributed by atoms with Crippen LogP contribution in [0.4, 0.5) is 0 Å². The summed E-state index contributed by atoms with van der Waals surface area (Å²) >= 11 is 0. The summed E-state index contributed by atoms with van der Waals surface area (Å²) < 4.78 is 10.4. The SMILES string of the molecule is C=CC(=O)OCCCCOc1c(C)cc(C)cc1C(=O)O. The third-order valence-corrected chi connectivity index (χ3v) is 2.85. The van der Waals surface area contributed by atoms with Gasteiger partial charge in [-0.2, -0.15) is 0 Å². The van der Waals surface area contributed by atoms with Crippen LogP contribution in [-0.4, -0.2) is 30.3 Å². The molecular formula is C16H20O5. The lowest BCUT2D eigenvalue weighted by Gasteiger charge is -2.13. The van der Waals surface area contributed by atoms with Crippen LogP contribution in [0.15, 0.2) is 24.8 Å². The van der Waals surface area contributed by atoms with Gasteiger partial charge in [-0.05, 0) is 43.9 Å². The van der Waals surface area contributed by atoms with Gasteiger partial charge in [-0.1, -0.05) is 12.6 Å². The van der Waals surface area contributed by atoms with E-state index in [1.54, 1.807) is 6.07 Å². The predicted octanol–water partition coefficient (Wildman–Crippen LogP) is 2.89. The first-order valence-electron chi connectivity index (χ1n) is 6.72. The molecule has 0 amide bonds. The lowest BCUT2D eigenvalue weighted by Crippen LogP contribution is -2.08. The molecule has 0 aliphatic heterocycles. The Morgan fingerprint density at radius 3 is 2.52 bits per heavy atom. The van der Waals surface area contributed by atoms with E-state index in [1.807, 2.05) is 19.9 Å². The fraction of sp³-hybridized carbons (Fsp3) is 0.375. The van der Waals surface area contributed by atoms with E-state index >= 15 is 0 Å². The lowest BCUT2D eigenvalue weighted by atomic mass is 10.1. The molecule has 1 aromatic carbocycles. The van der Waals surface area contributed by atoms with E-state index in [-0.39, 0.29) is 5.56 Å². The summed E-state index contributed by atoms with van der Waals surface area (Å²) in [6, 6.07) is 3.48. The average molecular weight is 292 g/mol. The Morgan fingerprint density at radius 2 is 1.90 bits per heavy atom. The van der Waals surface area contributed by atoms with Crippen LogP contribution in [-0.2, 0) is 9.53 Å². The normalized spacial score (nSPS) is 10.0. The number of carboxylic acids is 1. The number of ether oxygens (including phenoxy) is 2. The molecule has 0 atom stereocenters. The van der Waals surface area contributed by atoms with Gasteiger partial charge >= 0.3 is 11.9 Å². The molecule has 0 fully saturated rings. The summed E-state index contributed by atoms with van der Waals surface area (Å²) in [6.45, 7) is 7.64. The zero-order chi connectivity index (χ0) is 15.8. The fourth-order valence-corrected chi connectivity index (χ4v) is 1.91. The van der Waals surface area contributed by atoms with Crippen molar-refractivity contribution in [3.63, 3.8) is 0 Å². The molecule has 0 bridgehead atoms. The standard InChI is InChI=1S/C16H20O5/c1-4-14(17)20-7-5-6-8-21-15-12(3)9-11(2)10-13(15)16(18)19/h4,9-10H,1,5-8H2,2-3H3,(H,18,19). The van der Waals surface area contributed by atoms with Crippen LogP contribution < -0.4 is 4.74 Å². The maximum absolute atomic E-state index is 11.2. The summed E-state index contributed by atoms with van der Waals surface area (Å²) in [5, 5.41) is 9.20. The number of benzene rings is 1. The Kier molecular flexibility index (Phi) is 6.46. The van der Waals surface area contributed by atoms with Crippen LogP contribution in [0.3, 0.4) is 0 Å². The van der Waals surface area contributed by atoms with E-state index in [0.717, 1.165) is 17.2 Å². The molecule has 114 valence electrons. The summed E-state index contributed by atoms with van der Waals surface area (Å²) in [5.41, 5.74) is 1.85. The summed E-state index contributed by atoms with van der Waals surface area (Å²) in [5.74, 6) is -1.05. The van der Waals surface area contributed by atoms with Crippen LogP contribution in [0, 0.1) is 13.8 Å². The van der Waals surface area contributed by atoms with Crippen molar-refractivity contribution in [2.75, 3.05) is 13.2 Å². The first-order valence-corrected chi connectivity index (χ1v) is 6.72. The molecule has 5 heteroatoms. The molecule has 0 radical (unpaired) electrons. The van der Waals surface area contributed by atoms with Crippen LogP contribution in [0.5, 0.6) is 5.75 Å². The number of carboxylic acid groups (broad SMARTS) is 1. The van der Waals surface area contributed by atoms with Gasteiger partial charge in [0.2, 0.25) is 0 Å². The van der Waals surface area contributed by atoms with Crippen molar-refractivity contribution in [2.24, 2.45) is 0 Å². The minimum atomic E-state index is -1.00. The molecule has 1 aromatic rings. The van der Waals surface area contributed by atoms with Crippen molar-refractivity contribution in [3.05, 3.63) is 41.5 Å². The van der Waals surface area contributed by atoms with Crippen molar-refractivity contribution in [2.45, 2.75) is 26.7 Å². The molecule has 0 aliphatic carbocycles. The van der Waals surface area contributed by atoms with Crippen LogP contribution in [0.1, 0.15) is 34.3 Å². The second-order valence-electron chi connectivity index (χ2n) is 4.69. The smallest absolute Gasteiger partial charge is 0.339 e. The Bertz CT molecular complexity index is 534. The van der Waals surface area contributed by atoms with Gasteiger partial charge in [0.1, 0.15) is 11.3 Å². The molecule has 0 spiro atoms. The Hall–Kier alpha value is -2.30. The van der Waals surface area contributed by atoms with Gasteiger partial charge < -0.3 is 14.6 Å². The van der Waals surface area contributed by atoms with Crippen molar-refractivity contribution < 1.29 is 24.2 Å². The first-order chi connectivity index (χ1) is 9.95. The highest BCUT2D eigenvalue weighted by molar-refractivity contribution is 5.91. The molecule has 0 saturated heterocycles. The summed E-state index contributed by atoms with van der Waals surface area (Å²) in [6.07, 6.45) is 2.43. The molecule has 0 unspecified atom stereocenters. The number of carbonyl (C=O) groups is 2. The Morgan fingerprint density at radius 1 is 1.24 bits per heavy atom. The van der Waals surface area contributed by atoms with E-state index in [2.05, 4.69) is 6.58 Å². The first kappa shape index (κ1) is 16.8. The Labute approximate surface area is 124 Å². The second kappa shape index (κ2) is 8.09. The number of aryl methyl sites for hydroxylation is 2. The van der Waals surface area contributed by atoms with E-state index in [4.69, 9.17) is 9.47 Å². The second-order valence-corrected chi connectivity index (χ2v) is 4.69. The minimum Gasteiger partial charge on any atom is -0.492 e. The number of aromatic carboxylic acids is 1. The third kappa shape index (κ3) is 5.30. The lowest BCUT2D eigenvalue weighted by molar-refractivity contribution is -0.137. The number of esters is 1. The molecule has 21 heavy (non-hydrogen) atoms. The van der Waals surface area contributed by atoms with Crippen LogP contribution >= 0.6 is 0 Å². The summed E-state index contributed by atoms with van der Waals surface area (Å²) in [7, 11) is 0. The maximum Gasteiger partial charge on any atom is 0.339 e. The van der Waals surface area contributed by atoms with E-state index in [9.17, 15) is 14.7 Å². The molecule has 5 nitrogen and oxygen atoms in total. The van der Waals surface area contributed by atoms with Crippen molar-refractivity contribution in [1.82, 2.24) is 0 Å². The van der Waals surface area contributed by atoms with E-state index in [0.29, 0.717) is 31.8 Å². The topological polar surface area (TPSA) is 72.8 Å². The van der Waals surface area contributed by atoms with Gasteiger partial charge in [0.05, 0.1) is 13.2 Å². The van der Waals surface area contributed by atoms with Crippen molar-refractivity contribution in [3.8, 4) is 5.75 Å². The molecule has 0 heterocycles. The van der Waals surface area contributed by atoms with Gasteiger partial charge in [-0.15, -0.1) is 0 Å². The average Bonchev–Trinajstić information content (AvgIpc) is 2.43. The van der Waals surface area contributed by atoms with E-state index in [1.165, 1.54) is 0 Å². The van der Waals surface area contributed by atoms with Gasteiger partial charge in [0.25, 0.3) is 0 Å². The Balaban J connectivity index is 2.50. The third-order valence-electron chi connectivity index (χ3n) is 2.85. The number of unbranched alkanes of at least 4 members (excludes halogenated alkanes) is 1. The number of hydrogen-bond donors (Lipinski definition) is 1. The number of rotatable bonds is 8. The molecule has 1 rings (SSSR count). The van der Waals surface area contributed by atoms with Crippen LogP contribution in [0.2, 0.25) is 0 Å². The predicted molar refractivity (Wildman–Crippen MR) is 78.8 cm³/mol. The van der Waals surface area contributed by atoms with Crippen molar-refractivity contribution in [1.29, 1.82) is 0 Å². The summed E-state index contributed by atoms with van der Waals surface area (Å²) in [4.78, 5) is 22.0. The highest BCUT2D eigenvalue weighted by Crippen LogP contribution is 2.25. The van der Waals surface area contributed by atoms with Crippen LogP contribution in [0.25, 0.3) is 0 Å². The maximum atomic E-state index is 11.2. The molecule has 0 saturated carbocycles. The monoisotopic (exact) mass is 292 g/mol. The largest absolute Gasteiger partial charge is 0.492 e. The minimum absolute atomic E-state index is 0.172. The van der Waals surface area contributed by atoms with Gasteiger partial charge in [0, 0.05) is 6.08 Å². The number of hydrogen-bond acceptors (Lipinski definition) is 4. The molecule has 1 N–H and O–H groups in total. The fourth-order valence-electron chi connectivity index (χ4n) is 1.91.